The van der Waals surface area contributed by atoms with Gasteiger partial charge in [-0.25, -0.2) is 0 Å². The van der Waals surface area contributed by atoms with Crippen LogP contribution in [0.5, 0.6) is 5.75 Å². The fourth-order valence-corrected chi connectivity index (χ4v) is 3.28. The number of rotatable bonds is 6. The first-order valence-corrected chi connectivity index (χ1v) is 8.72. The molecule has 0 unspecified atom stereocenters. The van der Waals surface area contributed by atoms with Gasteiger partial charge in [-0.15, -0.1) is 0 Å². The third kappa shape index (κ3) is 5.35. The molecule has 1 N–H and O–H groups in total. The average molecular weight is 341 g/mol. The lowest BCUT2D eigenvalue weighted by Crippen LogP contribution is -2.48. The molecule has 1 heterocycles. The maximum atomic E-state index is 10.3. The van der Waals surface area contributed by atoms with Crippen molar-refractivity contribution in [1.82, 2.24) is 9.80 Å². The van der Waals surface area contributed by atoms with Crippen molar-refractivity contribution in [3.05, 3.63) is 28.8 Å². The van der Waals surface area contributed by atoms with Crippen LogP contribution >= 0.6 is 11.6 Å². The molecule has 0 aliphatic carbocycles. The minimum absolute atomic E-state index is 0.260. The van der Waals surface area contributed by atoms with Gasteiger partial charge in [0.25, 0.3) is 0 Å². The summed E-state index contributed by atoms with van der Waals surface area (Å²) in [5, 5.41) is 10.9. The van der Waals surface area contributed by atoms with Crippen LogP contribution in [0, 0.1) is 6.92 Å². The van der Waals surface area contributed by atoms with E-state index in [2.05, 4.69) is 30.8 Å². The average Bonchev–Trinajstić information content (AvgIpc) is 2.50. The van der Waals surface area contributed by atoms with Gasteiger partial charge in [-0.3, -0.25) is 0 Å². The van der Waals surface area contributed by atoms with Gasteiger partial charge in [-0.1, -0.05) is 17.7 Å². The van der Waals surface area contributed by atoms with Crippen LogP contribution in [-0.2, 0) is 0 Å². The summed E-state index contributed by atoms with van der Waals surface area (Å²) in [6.07, 6.45) is 1.77. The van der Waals surface area contributed by atoms with E-state index in [9.17, 15) is 5.11 Å². The number of hydrogen-bond donors (Lipinski definition) is 1. The summed E-state index contributed by atoms with van der Waals surface area (Å²) in [6.45, 7) is 6.25. The monoisotopic (exact) mass is 340 g/mol. The predicted molar refractivity (Wildman–Crippen MR) is 95.4 cm³/mol. The predicted octanol–water partition coefficient (Wildman–Crippen LogP) is 2.80. The van der Waals surface area contributed by atoms with Crippen molar-refractivity contribution in [2.24, 2.45) is 0 Å². The number of aryl methyl sites for hydroxylation is 1. The van der Waals surface area contributed by atoms with Gasteiger partial charge in [0.05, 0.1) is 5.02 Å². The first-order valence-electron chi connectivity index (χ1n) is 8.34. The molecule has 0 spiro atoms. The molecule has 4 nitrogen and oxygen atoms in total. The van der Waals surface area contributed by atoms with Crippen molar-refractivity contribution in [3.63, 3.8) is 0 Å². The number of piperidine rings is 1. The normalized spacial score (nSPS) is 24.0. The number of hydrogen-bond acceptors (Lipinski definition) is 4. The molecule has 130 valence electrons. The summed E-state index contributed by atoms with van der Waals surface area (Å²) in [4.78, 5) is 4.65. The highest BCUT2D eigenvalue weighted by molar-refractivity contribution is 6.32. The maximum Gasteiger partial charge on any atom is 0.138 e. The van der Waals surface area contributed by atoms with Crippen LogP contribution in [0.25, 0.3) is 0 Å². The quantitative estimate of drug-likeness (QED) is 0.863. The summed E-state index contributed by atoms with van der Waals surface area (Å²) in [5.41, 5.74) is 1.09. The summed E-state index contributed by atoms with van der Waals surface area (Å²) in [5.74, 6) is 0.640. The molecule has 0 amide bonds. The van der Waals surface area contributed by atoms with E-state index in [1.54, 1.807) is 0 Å². The zero-order valence-electron chi connectivity index (χ0n) is 14.6. The lowest BCUT2D eigenvalue weighted by Gasteiger charge is -2.39. The molecule has 5 heteroatoms. The largest absolute Gasteiger partial charge is 0.489 e. The number of benzene rings is 1. The van der Waals surface area contributed by atoms with Gasteiger partial charge in [0.15, 0.2) is 0 Å². The van der Waals surface area contributed by atoms with E-state index in [0.29, 0.717) is 29.4 Å². The van der Waals surface area contributed by atoms with Gasteiger partial charge >= 0.3 is 0 Å². The van der Waals surface area contributed by atoms with Crippen LogP contribution in [-0.4, -0.2) is 66.9 Å². The van der Waals surface area contributed by atoms with E-state index in [1.807, 2.05) is 25.1 Å². The van der Waals surface area contributed by atoms with Crippen LogP contribution in [0.4, 0.5) is 0 Å². The Balaban J connectivity index is 1.80. The molecular weight excluding hydrogens is 312 g/mol. The Kier molecular flexibility index (Phi) is 6.72. The highest BCUT2D eigenvalue weighted by Gasteiger charge is 2.26. The summed E-state index contributed by atoms with van der Waals surface area (Å²) >= 11 is 6.12. The van der Waals surface area contributed by atoms with Gasteiger partial charge in [0.1, 0.15) is 18.5 Å². The van der Waals surface area contributed by atoms with Crippen molar-refractivity contribution in [1.29, 1.82) is 0 Å². The van der Waals surface area contributed by atoms with E-state index in [0.717, 1.165) is 24.9 Å². The molecule has 0 radical (unpaired) electrons. The topological polar surface area (TPSA) is 35.9 Å². The molecular formula is C18H29ClN2O2. The second-order valence-electron chi connectivity index (χ2n) is 6.85. The van der Waals surface area contributed by atoms with E-state index in [1.165, 1.54) is 0 Å². The van der Waals surface area contributed by atoms with E-state index < -0.39 is 6.10 Å². The Hall–Kier alpha value is -0.810. The lowest BCUT2D eigenvalue weighted by atomic mass is 9.97. The first kappa shape index (κ1) is 18.5. The zero-order chi connectivity index (χ0) is 17.0. The number of likely N-dealkylation sites (N-methyl/N-ethyl adjacent to an activating group) is 1. The second kappa shape index (κ2) is 8.34. The van der Waals surface area contributed by atoms with Crippen LogP contribution in [0.1, 0.15) is 25.3 Å². The fourth-order valence-electron chi connectivity index (χ4n) is 3.11. The minimum Gasteiger partial charge on any atom is -0.489 e. The third-order valence-corrected chi connectivity index (χ3v) is 5.13. The standard InChI is InChI=1S/C18H29ClN2O2/c1-13-5-6-17(19)18(9-13)23-12-16(22)11-21(4)15-7-8-20(3)14(2)10-15/h5-6,9,14-16,22H,7-8,10-12H2,1-4H3/t14-,15-,16-/m1/s1. The summed E-state index contributed by atoms with van der Waals surface area (Å²) < 4.78 is 5.69. The molecule has 1 saturated heterocycles. The molecule has 0 saturated carbocycles. The van der Waals surface area contributed by atoms with Crippen LogP contribution in [0.2, 0.25) is 5.02 Å². The number of likely N-dealkylation sites (tertiary alicyclic amines) is 1. The molecule has 23 heavy (non-hydrogen) atoms. The Bertz CT molecular complexity index is 512. The lowest BCUT2D eigenvalue weighted by molar-refractivity contribution is 0.0405. The van der Waals surface area contributed by atoms with Gasteiger partial charge in [-0.2, -0.15) is 0 Å². The second-order valence-corrected chi connectivity index (χ2v) is 7.25. The Morgan fingerprint density at radius 1 is 1.48 bits per heavy atom. The third-order valence-electron chi connectivity index (χ3n) is 4.82. The van der Waals surface area contributed by atoms with Crippen molar-refractivity contribution < 1.29 is 9.84 Å². The maximum absolute atomic E-state index is 10.3. The molecule has 1 aromatic carbocycles. The van der Waals surface area contributed by atoms with Gasteiger partial charge < -0.3 is 19.6 Å². The van der Waals surface area contributed by atoms with Crippen LogP contribution in [0.3, 0.4) is 0 Å². The molecule has 0 aromatic heterocycles. The molecule has 1 aliphatic heterocycles. The molecule has 0 bridgehead atoms. The number of aliphatic hydroxyl groups excluding tert-OH is 1. The first-order chi connectivity index (χ1) is 10.9. The number of ether oxygens (including phenoxy) is 1. The van der Waals surface area contributed by atoms with E-state index >= 15 is 0 Å². The fraction of sp³-hybridized carbons (Fsp3) is 0.667. The Morgan fingerprint density at radius 3 is 2.91 bits per heavy atom. The molecule has 1 aliphatic rings. The highest BCUT2D eigenvalue weighted by Crippen LogP contribution is 2.25. The molecule has 2 rings (SSSR count). The van der Waals surface area contributed by atoms with Gasteiger partial charge in [0.2, 0.25) is 0 Å². The Morgan fingerprint density at radius 2 is 2.22 bits per heavy atom. The van der Waals surface area contributed by atoms with Gasteiger partial charge in [0, 0.05) is 18.6 Å². The van der Waals surface area contributed by atoms with Crippen molar-refractivity contribution in [2.45, 2.75) is 44.9 Å². The van der Waals surface area contributed by atoms with Crippen LogP contribution < -0.4 is 4.74 Å². The highest BCUT2D eigenvalue weighted by atomic mass is 35.5. The van der Waals surface area contributed by atoms with Crippen LogP contribution in [0.15, 0.2) is 18.2 Å². The number of halogens is 1. The number of nitrogens with zero attached hydrogens (tertiary/aromatic N) is 2. The van der Waals surface area contributed by atoms with Crippen molar-refractivity contribution >= 4 is 11.6 Å². The summed E-state index contributed by atoms with van der Waals surface area (Å²) in [6, 6.07) is 6.79. The summed E-state index contributed by atoms with van der Waals surface area (Å²) in [7, 11) is 4.26. The zero-order valence-corrected chi connectivity index (χ0v) is 15.4. The molecule has 1 fully saturated rings. The minimum atomic E-state index is -0.522. The molecule has 3 atom stereocenters. The van der Waals surface area contributed by atoms with Crippen molar-refractivity contribution in [3.8, 4) is 5.75 Å². The molecule has 1 aromatic rings. The van der Waals surface area contributed by atoms with E-state index in [4.69, 9.17) is 16.3 Å². The van der Waals surface area contributed by atoms with Gasteiger partial charge in [-0.05, 0) is 65.0 Å². The number of aliphatic hydroxyl groups is 1. The van der Waals surface area contributed by atoms with E-state index in [-0.39, 0.29) is 6.61 Å². The smallest absolute Gasteiger partial charge is 0.138 e. The van der Waals surface area contributed by atoms with Crippen molar-refractivity contribution in [2.75, 3.05) is 33.8 Å². The Labute approximate surface area is 145 Å². The SMILES string of the molecule is Cc1ccc(Cl)c(OC[C@H](O)CN(C)[C@@H]2CCN(C)[C@H](C)C2)c1.